The van der Waals surface area contributed by atoms with Crippen molar-refractivity contribution < 1.29 is 23.9 Å². The van der Waals surface area contributed by atoms with Gasteiger partial charge in [-0.3, -0.25) is 14.9 Å². The van der Waals surface area contributed by atoms with Gasteiger partial charge in [0.25, 0.3) is 11.8 Å². The van der Waals surface area contributed by atoms with Crippen molar-refractivity contribution in [3.8, 4) is 5.75 Å². The predicted octanol–water partition coefficient (Wildman–Crippen LogP) is 1.55. The fourth-order valence-electron chi connectivity index (χ4n) is 2.02. The summed E-state index contributed by atoms with van der Waals surface area (Å²) in [5.74, 6) is -1.28. The summed E-state index contributed by atoms with van der Waals surface area (Å²) >= 11 is 0. The number of nitrogens with one attached hydrogen (secondary N) is 1. The lowest BCUT2D eigenvalue weighted by atomic mass is 10.2. The van der Waals surface area contributed by atoms with Crippen LogP contribution in [0.5, 0.6) is 5.75 Å². The molecular formula is C18H18N2O5. The van der Waals surface area contributed by atoms with Crippen LogP contribution in [0.3, 0.4) is 0 Å². The van der Waals surface area contributed by atoms with Gasteiger partial charge in [-0.15, -0.1) is 0 Å². The number of methoxy groups -OCH3 is 1. The number of carbonyl (C=O) groups excluding carboxylic acids is 3. The van der Waals surface area contributed by atoms with E-state index in [4.69, 9.17) is 9.47 Å². The number of benzene rings is 1. The molecule has 0 atom stereocenters. The number of rotatable bonds is 6. The highest BCUT2D eigenvalue weighted by Gasteiger charge is 2.13. The summed E-state index contributed by atoms with van der Waals surface area (Å²) in [6, 6.07) is 10.4. The van der Waals surface area contributed by atoms with E-state index in [0.29, 0.717) is 11.4 Å². The predicted molar refractivity (Wildman–Crippen MR) is 90.9 cm³/mol. The molecule has 1 aromatic carbocycles. The quantitative estimate of drug-likeness (QED) is 0.636. The van der Waals surface area contributed by atoms with E-state index in [1.165, 1.54) is 12.2 Å². The summed E-state index contributed by atoms with van der Waals surface area (Å²) in [6.45, 7) is -0.544. The lowest BCUT2D eigenvalue weighted by Crippen LogP contribution is -2.34. The number of carbonyl (C=O) groups is 3. The molecule has 0 saturated carbocycles. The molecule has 2 amide bonds. The molecule has 0 aliphatic rings. The maximum atomic E-state index is 11.8. The van der Waals surface area contributed by atoms with Crippen LogP contribution in [0, 0.1) is 0 Å². The lowest BCUT2D eigenvalue weighted by molar-refractivity contribution is -0.143. The maximum Gasteiger partial charge on any atom is 0.331 e. The number of nitrogens with zero attached hydrogens (tertiary/aromatic N) is 1. The summed E-state index contributed by atoms with van der Waals surface area (Å²) in [5, 5.41) is 2.15. The molecule has 1 aromatic heterocycles. The third kappa shape index (κ3) is 5.35. The van der Waals surface area contributed by atoms with E-state index in [-0.39, 0.29) is 0 Å². The van der Waals surface area contributed by atoms with Gasteiger partial charge >= 0.3 is 5.97 Å². The zero-order valence-electron chi connectivity index (χ0n) is 13.9. The molecule has 130 valence electrons. The average molecular weight is 342 g/mol. The average Bonchev–Trinajstić information content (AvgIpc) is 3.04. The lowest BCUT2D eigenvalue weighted by Gasteiger charge is -2.05. The van der Waals surface area contributed by atoms with Gasteiger partial charge in [-0.05, 0) is 35.9 Å². The van der Waals surface area contributed by atoms with Crippen molar-refractivity contribution in [2.75, 3.05) is 13.7 Å². The Balaban J connectivity index is 1.81. The number of aromatic nitrogens is 1. The van der Waals surface area contributed by atoms with Crippen LogP contribution >= 0.6 is 0 Å². The highest BCUT2D eigenvalue weighted by molar-refractivity contribution is 6.04. The molecule has 0 unspecified atom stereocenters. The summed E-state index contributed by atoms with van der Waals surface area (Å²) in [6.07, 6.45) is 4.42. The summed E-state index contributed by atoms with van der Waals surface area (Å²) in [7, 11) is 3.23. The summed E-state index contributed by atoms with van der Waals surface area (Å²) in [5.41, 5.74) is 1.08. The van der Waals surface area contributed by atoms with Crippen molar-refractivity contribution in [2.45, 2.75) is 0 Å². The molecule has 2 rings (SSSR count). The van der Waals surface area contributed by atoms with E-state index in [9.17, 15) is 14.4 Å². The van der Waals surface area contributed by atoms with Gasteiger partial charge in [-0.2, -0.15) is 0 Å². The second kappa shape index (κ2) is 8.49. The number of ether oxygens (including phenoxy) is 2. The van der Waals surface area contributed by atoms with Crippen molar-refractivity contribution >= 4 is 23.9 Å². The first-order valence-electron chi connectivity index (χ1n) is 7.44. The highest BCUT2D eigenvalue weighted by atomic mass is 16.5. The van der Waals surface area contributed by atoms with Gasteiger partial charge in [-0.1, -0.05) is 12.1 Å². The monoisotopic (exact) mass is 342 g/mol. The van der Waals surface area contributed by atoms with Crippen molar-refractivity contribution in [3.05, 3.63) is 59.9 Å². The van der Waals surface area contributed by atoms with Crippen LogP contribution in [-0.4, -0.2) is 36.1 Å². The topological polar surface area (TPSA) is 86.6 Å². The summed E-state index contributed by atoms with van der Waals surface area (Å²) in [4.78, 5) is 35.1. The van der Waals surface area contributed by atoms with Gasteiger partial charge in [0.1, 0.15) is 11.4 Å². The Labute approximate surface area is 144 Å². The standard InChI is InChI=1S/C18H18N2O5/c1-20-10-4-7-15(20)18(23)19-16(21)12-25-17(22)9-8-13-5-3-6-14(11-13)24-2/h3-11H,12H2,1-2H3,(H,19,21,23)/b9-8+. The second-order valence-electron chi connectivity index (χ2n) is 5.10. The molecule has 0 fully saturated rings. The molecule has 25 heavy (non-hydrogen) atoms. The minimum absolute atomic E-state index is 0.331. The smallest absolute Gasteiger partial charge is 0.331 e. The third-order valence-electron chi connectivity index (χ3n) is 3.28. The number of imide groups is 1. The first kappa shape index (κ1) is 18.0. The molecule has 7 nitrogen and oxygen atoms in total. The van der Waals surface area contributed by atoms with Gasteiger partial charge < -0.3 is 14.0 Å². The molecule has 7 heteroatoms. The number of esters is 1. The Morgan fingerprint density at radius 3 is 2.68 bits per heavy atom. The van der Waals surface area contributed by atoms with Crippen LogP contribution in [0.1, 0.15) is 16.1 Å². The zero-order valence-corrected chi connectivity index (χ0v) is 13.9. The molecule has 0 radical (unpaired) electrons. The second-order valence-corrected chi connectivity index (χ2v) is 5.10. The minimum Gasteiger partial charge on any atom is -0.497 e. The van der Waals surface area contributed by atoms with E-state index in [2.05, 4.69) is 5.32 Å². The van der Waals surface area contributed by atoms with Crippen LogP contribution in [0.2, 0.25) is 0 Å². The van der Waals surface area contributed by atoms with Crippen LogP contribution in [-0.2, 0) is 21.4 Å². The molecule has 0 spiro atoms. The van der Waals surface area contributed by atoms with Crippen molar-refractivity contribution in [1.82, 2.24) is 9.88 Å². The molecule has 0 saturated heterocycles. The van der Waals surface area contributed by atoms with Gasteiger partial charge in [0.05, 0.1) is 7.11 Å². The molecular weight excluding hydrogens is 324 g/mol. The fraction of sp³-hybridized carbons (Fsp3) is 0.167. The number of hydrogen-bond donors (Lipinski definition) is 1. The fourth-order valence-corrected chi connectivity index (χ4v) is 2.02. The van der Waals surface area contributed by atoms with E-state index in [1.54, 1.807) is 61.3 Å². The van der Waals surface area contributed by atoms with Crippen molar-refractivity contribution in [2.24, 2.45) is 7.05 Å². The Morgan fingerprint density at radius 1 is 1.20 bits per heavy atom. The van der Waals surface area contributed by atoms with E-state index < -0.39 is 24.4 Å². The van der Waals surface area contributed by atoms with Crippen LogP contribution in [0.25, 0.3) is 6.08 Å². The largest absolute Gasteiger partial charge is 0.497 e. The summed E-state index contributed by atoms with van der Waals surface area (Å²) < 4.78 is 11.5. The Bertz CT molecular complexity index is 807. The van der Waals surface area contributed by atoms with Gasteiger partial charge in [0.15, 0.2) is 6.61 Å². The van der Waals surface area contributed by atoms with Gasteiger partial charge in [-0.25, -0.2) is 4.79 Å². The SMILES string of the molecule is COc1cccc(/C=C/C(=O)OCC(=O)NC(=O)c2cccn2C)c1. The number of amides is 2. The van der Waals surface area contributed by atoms with E-state index in [0.717, 1.165) is 5.56 Å². The first-order valence-corrected chi connectivity index (χ1v) is 7.44. The Morgan fingerprint density at radius 2 is 2.00 bits per heavy atom. The van der Waals surface area contributed by atoms with Crippen LogP contribution < -0.4 is 10.1 Å². The number of aryl methyl sites for hydroxylation is 1. The zero-order chi connectivity index (χ0) is 18.2. The Hall–Kier alpha value is -3.35. The van der Waals surface area contributed by atoms with Crippen molar-refractivity contribution in [3.63, 3.8) is 0 Å². The molecule has 1 heterocycles. The minimum atomic E-state index is -0.700. The molecule has 0 bridgehead atoms. The van der Waals surface area contributed by atoms with Crippen molar-refractivity contribution in [1.29, 1.82) is 0 Å². The maximum absolute atomic E-state index is 11.8. The molecule has 0 aliphatic heterocycles. The molecule has 2 aromatic rings. The normalized spacial score (nSPS) is 10.5. The number of hydrogen-bond acceptors (Lipinski definition) is 5. The van der Waals surface area contributed by atoms with E-state index in [1.807, 2.05) is 0 Å². The Kier molecular flexibility index (Phi) is 6.11. The molecule has 1 N–H and O–H groups in total. The van der Waals surface area contributed by atoms with Gasteiger partial charge in [0, 0.05) is 19.3 Å². The highest BCUT2D eigenvalue weighted by Crippen LogP contribution is 2.13. The molecule has 0 aliphatic carbocycles. The third-order valence-corrected chi connectivity index (χ3v) is 3.28. The van der Waals surface area contributed by atoms with Crippen LogP contribution in [0.4, 0.5) is 0 Å². The van der Waals surface area contributed by atoms with Crippen LogP contribution in [0.15, 0.2) is 48.7 Å². The van der Waals surface area contributed by atoms with E-state index >= 15 is 0 Å². The van der Waals surface area contributed by atoms with Gasteiger partial charge in [0.2, 0.25) is 0 Å². The first-order chi connectivity index (χ1) is 12.0.